The lowest BCUT2D eigenvalue weighted by Crippen LogP contribution is -2.40. The number of aliphatic imine (C=N–C) groups is 1. The van der Waals surface area contributed by atoms with E-state index >= 15 is 0 Å². The Hall–Kier alpha value is -2.49. The number of rotatable bonds is 9. The first-order chi connectivity index (χ1) is 13.9. The monoisotopic (exact) mass is 526 g/mol. The van der Waals surface area contributed by atoms with E-state index in [1.165, 1.54) is 11.1 Å². The summed E-state index contributed by atoms with van der Waals surface area (Å²) in [6, 6.07) is 13.7. The zero-order valence-corrected chi connectivity index (χ0v) is 20.3. The lowest BCUT2D eigenvalue weighted by atomic mass is 10.1. The van der Waals surface area contributed by atoms with Gasteiger partial charge in [0.2, 0.25) is 0 Å². The van der Waals surface area contributed by atoms with Gasteiger partial charge >= 0.3 is 0 Å². The van der Waals surface area contributed by atoms with Gasteiger partial charge in [0.15, 0.2) is 12.6 Å². The van der Waals surface area contributed by atoms with E-state index in [1.54, 1.807) is 13.1 Å². The SMILES string of the molecule is CN=C(NCc1cccc(OCC(N)=O)c1)N(C)CCOc1cc(C)cc(C)c1.I. The van der Waals surface area contributed by atoms with Crippen molar-refractivity contribution in [2.45, 2.75) is 20.4 Å². The molecule has 0 fully saturated rings. The van der Waals surface area contributed by atoms with Crippen LogP contribution in [0.2, 0.25) is 0 Å². The van der Waals surface area contributed by atoms with Crippen LogP contribution in [0.3, 0.4) is 0 Å². The van der Waals surface area contributed by atoms with Gasteiger partial charge in [-0.25, -0.2) is 0 Å². The molecular formula is C22H31IN4O3. The maximum atomic E-state index is 10.8. The molecule has 2 aromatic rings. The summed E-state index contributed by atoms with van der Waals surface area (Å²) in [6.07, 6.45) is 0. The lowest BCUT2D eigenvalue weighted by Gasteiger charge is -2.22. The summed E-state index contributed by atoms with van der Waals surface area (Å²) in [4.78, 5) is 17.2. The van der Waals surface area contributed by atoms with Gasteiger partial charge in [0, 0.05) is 20.6 Å². The van der Waals surface area contributed by atoms with Crippen molar-refractivity contribution < 1.29 is 14.3 Å². The molecule has 0 unspecified atom stereocenters. The number of amides is 1. The van der Waals surface area contributed by atoms with Crippen LogP contribution in [0.25, 0.3) is 0 Å². The van der Waals surface area contributed by atoms with Gasteiger partial charge in [0.25, 0.3) is 5.91 Å². The molecule has 0 aliphatic rings. The number of hydrogen-bond acceptors (Lipinski definition) is 4. The highest BCUT2D eigenvalue weighted by Gasteiger charge is 2.07. The molecule has 0 aromatic heterocycles. The van der Waals surface area contributed by atoms with E-state index in [-0.39, 0.29) is 30.6 Å². The van der Waals surface area contributed by atoms with Gasteiger partial charge in [-0.2, -0.15) is 0 Å². The largest absolute Gasteiger partial charge is 0.492 e. The van der Waals surface area contributed by atoms with Crippen molar-refractivity contribution in [3.8, 4) is 11.5 Å². The summed E-state index contributed by atoms with van der Waals surface area (Å²) in [5.41, 5.74) is 8.50. The van der Waals surface area contributed by atoms with E-state index in [4.69, 9.17) is 15.2 Å². The molecular weight excluding hydrogens is 495 g/mol. The molecule has 0 radical (unpaired) electrons. The number of halogens is 1. The number of carbonyl (C=O) groups excluding carboxylic acids is 1. The summed E-state index contributed by atoms with van der Waals surface area (Å²) >= 11 is 0. The highest BCUT2D eigenvalue weighted by Crippen LogP contribution is 2.16. The molecule has 0 aliphatic carbocycles. The van der Waals surface area contributed by atoms with Gasteiger partial charge in [-0.1, -0.05) is 18.2 Å². The van der Waals surface area contributed by atoms with Crippen LogP contribution >= 0.6 is 24.0 Å². The first-order valence-electron chi connectivity index (χ1n) is 9.50. The fraction of sp³-hybridized carbons (Fsp3) is 0.364. The highest BCUT2D eigenvalue weighted by molar-refractivity contribution is 14.0. The predicted octanol–water partition coefficient (Wildman–Crippen LogP) is 2.87. The van der Waals surface area contributed by atoms with Gasteiger partial charge < -0.3 is 25.4 Å². The predicted molar refractivity (Wildman–Crippen MR) is 131 cm³/mol. The van der Waals surface area contributed by atoms with Gasteiger partial charge in [-0.3, -0.25) is 9.79 Å². The van der Waals surface area contributed by atoms with Crippen LogP contribution in [-0.2, 0) is 11.3 Å². The topological polar surface area (TPSA) is 89.2 Å². The summed E-state index contributed by atoms with van der Waals surface area (Å²) in [6.45, 7) is 5.80. The van der Waals surface area contributed by atoms with E-state index in [9.17, 15) is 4.79 Å². The molecule has 0 bridgehead atoms. The Bertz CT molecular complexity index is 838. The third-order valence-corrected chi connectivity index (χ3v) is 4.19. The van der Waals surface area contributed by atoms with E-state index in [0.717, 1.165) is 17.3 Å². The second-order valence-corrected chi connectivity index (χ2v) is 6.90. The maximum Gasteiger partial charge on any atom is 0.255 e. The Morgan fingerprint density at radius 1 is 1.10 bits per heavy atom. The third-order valence-electron chi connectivity index (χ3n) is 4.19. The molecule has 0 saturated heterocycles. The van der Waals surface area contributed by atoms with Crippen LogP contribution < -0.4 is 20.5 Å². The molecule has 0 heterocycles. The van der Waals surface area contributed by atoms with Crippen molar-refractivity contribution >= 4 is 35.8 Å². The van der Waals surface area contributed by atoms with Gasteiger partial charge in [0.05, 0.1) is 6.54 Å². The number of hydrogen-bond donors (Lipinski definition) is 2. The second-order valence-electron chi connectivity index (χ2n) is 6.90. The molecule has 1 amide bonds. The molecule has 8 heteroatoms. The quantitative estimate of drug-likeness (QED) is 0.298. The third kappa shape index (κ3) is 8.89. The van der Waals surface area contributed by atoms with E-state index in [0.29, 0.717) is 25.4 Å². The zero-order valence-electron chi connectivity index (χ0n) is 18.0. The minimum absolute atomic E-state index is 0. The van der Waals surface area contributed by atoms with Crippen molar-refractivity contribution in [3.63, 3.8) is 0 Å². The highest BCUT2D eigenvalue weighted by atomic mass is 127. The molecule has 3 N–H and O–H groups in total. The van der Waals surface area contributed by atoms with Gasteiger partial charge in [-0.05, 0) is 54.8 Å². The van der Waals surface area contributed by atoms with Crippen molar-refractivity contribution in [2.75, 3.05) is 33.9 Å². The molecule has 30 heavy (non-hydrogen) atoms. The standard InChI is InChI=1S/C22H30N4O3.HI/c1-16-10-17(2)12-20(11-16)28-9-8-26(4)22(24-3)25-14-18-6-5-7-19(13-18)29-15-21(23)27;/h5-7,10-13H,8-9,14-15H2,1-4H3,(H2,23,27)(H,24,25);1H. The summed E-state index contributed by atoms with van der Waals surface area (Å²) in [7, 11) is 3.71. The molecule has 0 saturated carbocycles. The first kappa shape index (κ1) is 25.5. The minimum atomic E-state index is -0.501. The van der Waals surface area contributed by atoms with Crippen molar-refractivity contribution in [1.29, 1.82) is 0 Å². The van der Waals surface area contributed by atoms with E-state index < -0.39 is 5.91 Å². The Labute approximate surface area is 195 Å². The Morgan fingerprint density at radius 3 is 2.43 bits per heavy atom. The fourth-order valence-electron chi connectivity index (χ4n) is 2.89. The molecule has 7 nitrogen and oxygen atoms in total. The molecule has 0 atom stereocenters. The second kappa shape index (κ2) is 12.9. The number of aryl methyl sites for hydroxylation is 2. The summed E-state index contributed by atoms with van der Waals surface area (Å²) < 4.78 is 11.2. The van der Waals surface area contributed by atoms with Crippen molar-refractivity contribution in [1.82, 2.24) is 10.2 Å². The normalized spacial score (nSPS) is 10.7. The van der Waals surface area contributed by atoms with Crippen LogP contribution in [0.1, 0.15) is 16.7 Å². The number of primary amides is 1. The maximum absolute atomic E-state index is 10.8. The lowest BCUT2D eigenvalue weighted by molar-refractivity contribution is -0.119. The minimum Gasteiger partial charge on any atom is -0.492 e. The average Bonchev–Trinajstić information content (AvgIpc) is 2.66. The molecule has 164 valence electrons. The Balaban J connectivity index is 0.00000450. The Kier molecular flexibility index (Phi) is 11.0. The number of nitrogens with one attached hydrogen (secondary N) is 1. The number of benzene rings is 2. The molecule has 2 rings (SSSR count). The summed E-state index contributed by atoms with van der Waals surface area (Å²) in [5, 5.41) is 3.32. The number of likely N-dealkylation sites (N-methyl/N-ethyl adjacent to an activating group) is 1. The van der Waals surface area contributed by atoms with E-state index in [2.05, 4.69) is 30.2 Å². The number of guanidine groups is 1. The number of carbonyl (C=O) groups is 1. The zero-order chi connectivity index (χ0) is 21.2. The first-order valence-corrected chi connectivity index (χ1v) is 9.50. The molecule has 2 aromatic carbocycles. The Morgan fingerprint density at radius 2 is 1.80 bits per heavy atom. The van der Waals surface area contributed by atoms with Gasteiger partial charge in [0.1, 0.15) is 18.1 Å². The smallest absolute Gasteiger partial charge is 0.255 e. The molecule has 0 spiro atoms. The van der Waals surface area contributed by atoms with Crippen LogP contribution in [-0.4, -0.2) is 50.6 Å². The molecule has 0 aliphatic heterocycles. The van der Waals surface area contributed by atoms with Crippen molar-refractivity contribution in [3.05, 3.63) is 59.2 Å². The number of ether oxygens (including phenoxy) is 2. The number of nitrogens with zero attached hydrogens (tertiary/aromatic N) is 2. The average molecular weight is 526 g/mol. The fourth-order valence-corrected chi connectivity index (χ4v) is 2.89. The van der Waals surface area contributed by atoms with E-state index in [1.807, 2.05) is 42.3 Å². The van der Waals surface area contributed by atoms with Crippen LogP contribution in [0.5, 0.6) is 11.5 Å². The van der Waals surface area contributed by atoms with Gasteiger partial charge in [-0.15, -0.1) is 24.0 Å². The van der Waals surface area contributed by atoms with Crippen LogP contribution in [0, 0.1) is 13.8 Å². The summed E-state index contributed by atoms with van der Waals surface area (Å²) in [5.74, 6) is 1.75. The van der Waals surface area contributed by atoms with Crippen LogP contribution in [0.15, 0.2) is 47.5 Å². The van der Waals surface area contributed by atoms with Crippen molar-refractivity contribution in [2.24, 2.45) is 10.7 Å². The number of nitrogens with two attached hydrogens (primary N) is 1. The van der Waals surface area contributed by atoms with Crippen LogP contribution in [0.4, 0.5) is 0 Å².